The first-order valence-corrected chi connectivity index (χ1v) is 7.31. The molecule has 2 aromatic carbocycles. The van der Waals surface area contributed by atoms with Gasteiger partial charge in [-0.05, 0) is 6.07 Å². The van der Waals surface area contributed by atoms with Gasteiger partial charge in [-0.25, -0.2) is 4.79 Å². The lowest BCUT2D eigenvalue weighted by molar-refractivity contribution is 0.0894. The molecule has 1 aromatic heterocycles. The van der Waals surface area contributed by atoms with E-state index >= 15 is 0 Å². The van der Waals surface area contributed by atoms with Crippen molar-refractivity contribution in [2.75, 3.05) is 0 Å². The molecule has 23 heavy (non-hydrogen) atoms. The molecule has 3 rings (SSSR count). The minimum absolute atomic E-state index is 0.103. The van der Waals surface area contributed by atoms with Crippen molar-refractivity contribution in [3.05, 3.63) is 92.1 Å². The fourth-order valence-electron chi connectivity index (χ4n) is 2.17. The number of hydrogen-bond acceptors (Lipinski definition) is 3. The van der Waals surface area contributed by atoms with E-state index in [0.29, 0.717) is 16.3 Å². The quantitative estimate of drug-likeness (QED) is 0.800. The van der Waals surface area contributed by atoms with Gasteiger partial charge in [0.2, 0.25) is 0 Å². The predicted octanol–water partition coefficient (Wildman–Crippen LogP) is 2.49. The van der Waals surface area contributed by atoms with E-state index in [-0.39, 0.29) is 6.61 Å². The maximum atomic E-state index is 12.1. The monoisotopic (exact) mass is 328 g/mol. The van der Waals surface area contributed by atoms with E-state index in [0.717, 1.165) is 10.3 Å². The van der Waals surface area contributed by atoms with Crippen molar-refractivity contribution in [2.24, 2.45) is 0 Å². The molecule has 0 unspecified atom stereocenters. The standard InChI is InChI=1S/C17H13ClN2O3/c18-14-9-5-4-8-13(14)11-23-20-15(10-16(21)19-17(20)22)12-6-2-1-3-7-12/h1-10H,11H2,(H,19,21,22). The van der Waals surface area contributed by atoms with Crippen LogP contribution in [0.1, 0.15) is 5.56 Å². The average molecular weight is 329 g/mol. The predicted molar refractivity (Wildman–Crippen MR) is 88.5 cm³/mol. The van der Waals surface area contributed by atoms with Gasteiger partial charge in [-0.2, -0.15) is 0 Å². The summed E-state index contributed by atoms with van der Waals surface area (Å²) < 4.78 is 1.07. The molecule has 0 radical (unpaired) electrons. The minimum Gasteiger partial charge on any atom is -0.404 e. The van der Waals surface area contributed by atoms with Crippen LogP contribution in [0.25, 0.3) is 11.3 Å². The second-order valence-electron chi connectivity index (χ2n) is 4.85. The minimum atomic E-state index is -0.636. The second-order valence-corrected chi connectivity index (χ2v) is 5.26. The number of nitrogens with one attached hydrogen (secondary N) is 1. The highest BCUT2D eigenvalue weighted by molar-refractivity contribution is 6.31. The molecule has 5 nitrogen and oxygen atoms in total. The van der Waals surface area contributed by atoms with Crippen molar-refractivity contribution in [1.29, 1.82) is 0 Å². The Morgan fingerprint density at radius 1 is 1.00 bits per heavy atom. The molecule has 0 saturated heterocycles. The van der Waals surface area contributed by atoms with Gasteiger partial charge in [0, 0.05) is 22.2 Å². The van der Waals surface area contributed by atoms with Crippen LogP contribution in [-0.4, -0.2) is 9.71 Å². The summed E-state index contributed by atoms with van der Waals surface area (Å²) in [5.74, 6) is 0. The highest BCUT2D eigenvalue weighted by Gasteiger charge is 2.10. The fraction of sp³-hybridized carbons (Fsp3) is 0.0588. The number of aromatic amines is 1. The van der Waals surface area contributed by atoms with E-state index < -0.39 is 11.2 Å². The van der Waals surface area contributed by atoms with Crippen molar-refractivity contribution in [3.8, 4) is 11.3 Å². The van der Waals surface area contributed by atoms with Crippen LogP contribution in [0.4, 0.5) is 0 Å². The van der Waals surface area contributed by atoms with Gasteiger partial charge in [-0.15, -0.1) is 4.73 Å². The number of nitrogens with zero attached hydrogens (tertiary/aromatic N) is 1. The molecule has 3 aromatic rings. The Balaban J connectivity index is 2.00. The molecule has 0 spiro atoms. The number of H-pyrrole nitrogens is 1. The third-order valence-corrected chi connectivity index (χ3v) is 3.65. The van der Waals surface area contributed by atoms with Crippen LogP contribution >= 0.6 is 11.6 Å². The van der Waals surface area contributed by atoms with Gasteiger partial charge >= 0.3 is 5.69 Å². The summed E-state index contributed by atoms with van der Waals surface area (Å²) in [5.41, 5.74) is 0.711. The first-order chi connectivity index (χ1) is 11.1. The Labute approximate surface area is 136 Å². The normalized spacial score (nSPS) is 10.5. The molecule has 0 fully saturated rings. The molecule has 0 aliphatic carbocycles. The molecule has 0 amide bonds. The zero-order chi connectivity index (χ0) is 16.2. The number of hydrogen-bond donors (Lipinski definition) is 1. The molecule has 1 heterocycles. The summed E-state index contributed by atoms with van der Waals surface area (Å²) in [4.78, 5) is 31.5. The van der Waals surface area contributed by atoms with E-state index in [4.69, 9.17) is 16.4 Å². The summed E-state index contributed by atoms with van der Waals surface area (Å²) in [6.45, 7) is 0.103. The number of rotatable bonds is 4. The van der Waals surface area contributed by atoms with Crippen LogP contribution < -0.4 is 16.1 Å². The van der Waals surface area contributed by atoms with Crippen LogP contribution in [0.2, 0.25) is 5.02 Å². The fourth-order valence-corrected chi connectivity index (χ4v) is 2.36. The van der Waals surface area contributed by atoms with Gasteiger partial charge in [0.15, 0.2) is 0 Å². The number of halogens is 1. The maximum Gasteiger partial charge on any atom is 0.361 e. The van der Waals surface area contributed by atoms with Gasteiger partial charge in [0.1, 0.15) is 6.61 Å². The molecule has 0 saturated carbocycles. The smallest absolute Gasteiger partial charge is 0.361 e. The summed E-state index contributed by atoms with van der Waals surface area (Å²) in [7, 11) is 0. The van der Waals surface area contributed by atoms with E-state index in [2.05, 4.69) is 4.98 Å². The molecule has 6 heteroatoms. The van der Waals surface area contributed by atoms with Gasteiger partial charge < -0.3 is 4.84 Å². The Bertz CT molecular complexity index is 932. The Morgan fingerprint density at radius 3 is 2.43 bits per heavy atom. The summed E-state index contributed by atoms with van der Waals surface area (Å²) in [6.07, 6.45) is 0. The van der Waals surface area contributed by atoms with Crippen molar-refractivity contribution in [1.82, 2.24) is 9.71 Å². The summed E-state index contributed by atoms with van der Waals surface area (Å²) >= 11 is 6.09. The molecule has 1 N–H and O–H groups in total. The number of benzene rings is 2. The SMILES string of the molecule is O=c1cc(-c2ccccc2)n(OCc2ccccc2Cl)c(=O)[nH]1. The molecular weight excluding hydrogens is 316 g/mol. The molecule has 0 aliphatic rings. The topological polar surface area (TPSA) is 64.1 Å². The highest BCUT2D eigenvalue weighted by atomic mass is 35.5. The van der Waals surface area contributed by atoms with Crippen molar-refractivity contribution in [2.45, 2.75) is 6.61 Å². The van der Waals surface area contributed by atoms with Crippen LogP contribution in [0, 0.1) is 0 Å². The zero-order valence-corrected chi connectivity index (χ0v) is 12.8. The van der Waals surface area contributed by atoms with E-state index in [1.54, 1.807) is 24.3 Å². The third-order valence-electron chi connectivity index (χ3n) is 3.28. The van der Waals surface area contributed by atoms with Crippen LogP contribution in [0.15, 0.2) is 70.3 Å². The molecular formula is C17H13ClN2O3. The van der Waals surface area contributed by atoms with Crippen molar-refractivity contribution in [3.63, 3.8) is 0 Å². The Hall–Kier alpha value is -2.79. The second kappa shape index (κ2) is 6.54. The van der Waals surface area contributed by atoms with Crippen LogP contribution in [0.3, 0.4) is 0 Å². The maximum absolute atomic E-state index is 12.1. The van der Waals surface area contributed by atoms with E-state index in [9.17, 15) is 9.59 Å². The highest BCUT2D eigenvalue weighted by Crippen LogP contribution is 2.17. The van der Waals surface area contributed by atoms with Gasteiger partial charge in [0.05, 0.1) is 5.69 Å². The van der Waals surface area contributed by atoms with E-state index in [1.807, 2.05) is 30.3 Å². The largest absolute Gasteiger partial charge is 0.404 e. The molecule has 0 aliphatic heterocycles. The zero-order valence-electron chi connectivity index (χ0n) is 12.0. The summed E-state index contributed by atoms with van der Waals surface area (Å²) in [5, 5.41) is 0.547. The van der Waals surface area contributed by atoms with Crippen molar-refractivity contribution >= 4 is 11.6 Å². The lowest BCUT2D eigenvalue weighted by Gasteiger charge is -2.13. The molecule has 116 valence electrons. The lowest BCUT2D eigenvalue weighted by Crippen LogP contribution is -2.34. The van der Waals surface area contributed by atoms with E-state index in [1.165, 1.54) is 6.07 Å². The molecule has 0 bridgehead atoms. The lowest BCUT2D eigenvalue weighted by atomic mass is 10.1. The Morgan fingerprint density at radius 2 is 1.70 bits per heavy atom. The van der Waals surface area contributed by atoms with Gasteiger partial charge in [0.25, 0.3) is 5.56 Å². The average Bonchev–Trinajstić information content (AvgIpc) is 2.56. The molecule has 0 atom stereocenters. The Kier molecular flexibility index (Phi) is 4.30. The van der Waals surface area contributed by atoms with Crippen LogP contribution in [0.5, 0.6) is 0 Å². The van der Waals surface area contributed by atoms with Gasteiger partial charge in [-0.3, -0.25) is 9.78 Å². The van der Waals surface area contributed by atoms with Gasteiger partial charge in [-0.1, -0.05) is 60.1 Å². The summed E-state index contributed by atoms with van der Waals surface area (Å²) in [6, 6.07) is 17.6. The van der Waals surface area contributed by atoms with Crippen molar-refractivity contribution < 1.29 is 4.84 Å². The van der Waals surface area contributed by atoms with Crippen LogP contribution in [-0.2, 0) is 6.61 Å². The first kappa shape index (κ1) is 15.1. The third kappa shape index (κ3) is 3.35. The first-order valence-electron chi connectivity index (χ1n) is 6.93. The number of aromatic nitrogens is 2.